The Hall–Kier alpha value is -1.57. The number of carbonyl (C=O) groups excluding carboxylic acids is 1. The van der Waals surface area contributed by atoms with Crippen LogP contribution in [0.5, 0.6) is 5.75 Å². The van der Waals surface area contributed by atoms with E-state index in [1.165, 1.54) is 44.9 Å². The van der Waals surface area contributed by atoms with Gasteiger partial charge in [0, 0.05) is 5.41 Å². The smallest absolute Gasteiger partial charge is 0.164 e. The standard InChI is InChI=1S/C29H40O2/c1-27(2)25-13-12-22-23-7-6-15-28(23,3)16-14-24(22)29(25,4)18-20(26(27)30)17-19-8-10-21(31-5)11-9-19/h8-11,17,22-25H,6-7,12-16,18H2,1-5H3/b20-17-/t22-,23+,24+,25-,28-,29+/m0/s1. The largest absolute Gasteiger partial charge is 0.497 e. The molecule has 4 fully saturated rings. The molecule has 0 aromatic heterocycles. The molecule has 0 amide bonds. The first-order chi connectivity index (χ1) is 14.7. The van der Waals surface area contributed by atoms with Crippen LogP contribution in [0, 0.1) is 39.9 Å². The van der Waals surface area contributed by atoms with Crippen molar-refractivity contribution in [1.29, 1.82) is 0 Å². The summed E-state index contributed by atoms with van der Waals surface area (Å²) >= 11 is 0. The second-order valence-electron chi connectivity index (χ2n) is 12.3. The van der Waals surface area contributed by atoms with E-state index in [9.17, 15) is 4.79 Å². The van der Waals surface area contributed by atoms with Gasteiger partial charge in [-0.2, -0.15) is 0 Å². The molecule has 4 aliphatic carbocycles. The molecule has 31 heavy (non-hydrogen) atoms. The molecule has 0 unspecified atom stereocenters. The SMILES string of the molecule is COc1ccc(/C=C2/C[C@]3(C)[C@@H]4CC[C@]5(C)CCC[C@@H]5[C@@H]4CC[C@H]3C(C)(C)C2=O)cc1. The summed E-state index contributed by atoms with van der Waals surface area (Å²) in [6.45, 7) is 9.62. The summed E-state index contributed by atoms with van der Waals surface area (Å²) in [5, 5.41) is 0. The maximum atomic E-state index is 13.7. The Bertz CT molecular complexity index is 894. The summed E-state index contributed by atoms with van der Waals surface area (Å²) in [6.07, 6.45) is 12.8. The molecular weight excluding hydrogens is 380 g/mol. The number of Topliss-reactive ketones (excluding diaryl/α,β-unsaturated/α-hetero) is 1. The average Bonchev–Trinajstić information content (AvgIpc) is 3.14. The molecule has 4 saturated carbocycles. The number of hydrogen-bond acceptors (Lipinski definition) is 2. The summed E-state index contributed by atoms with van der Waals surface area (Å²) < 4.78 is 5.31. The number of hydrogen-bond donors (Lipinski definition) is 0. The molecule has 5 rings (SSSR count). The third kappa shape index (κ3) is 3.15. The van der Waals surface area contributed by atoms with E-state index in [0.29, 0.717) is 17.1 Å². The number of allylic oxidation sites excluding steroid dienone is 1. The van der Waals surface area contributed by atoms with Crippen molar-refractivity contribution in [2.24, 2.45) is 39.9 Å². The zero-order valence-electron chi connectivity index (χ0n) is 20.2. The lowest BCUT2D eigenvalue weighted by atomic mass is 9.41. The van der Waals surface area contributed by atoms with Crippen LogP contribution in [0.1, 0.15) is 84.6 Å². The fourth-order valence-corrected chi connectivity index (χ4v) is 8.97. The van der Waals surface area contributed by atoms with Gasteiger partial charge in [0.1, 0.15) is 5.75 Å². The van der Waals surface area contributed by atoms with Crippen molar-refractivity contribution < 1.29 is 9.53 Å². The van der Waals surface area contributed by atoms with Gasteiger partial charge in [-0.1, -0.05) is 46.2 Å². The van der Waals surface area contributed by atoms with Crippen molar-refractivity contribution in [3.8, 4) is 5.75 Å². The van der Waals surface area contributed by atoms with Crippen molar-refractivity contribution in [2.75, 3.05) is 7.11 Å². The molecule has 168 valence electrons. The first-order valence-electron chi connectivity index (χ1n) is 12.6. The summed E-state index contributed by atoms with van der Waals surface area (Å²) in [7, 11) is 1.70. The van der Waals surface area contributed by atoms with E-state index in [-0.39, 0.29) is 10.8 Å². The third-order valence-corrected chi connectivity index (χ3v) is 10.4. The fourth-order valence-electron chi connectivity index (χ4n) is 8.97. The molecule has 0 spiro atoms. The summed E-state index contributed by atoms with van der Waals surface area (Å²) in [5.74, 6) is 4.31. The summed E-state index contributed by atoms with van der Waals surface area (Å²) in [4.78, 5) is 13.7. The van der Waals surface area contributed by atoms with Crippen LogP contribution >= 0.6 is 0 Å². The van der Waals surface area contributed by atoms with Crippen molar-refractivity contribution >= 4 is 11.9 Å². The normalized spacial score (nSPS) is 42.6. The maximum absolute atomic E-state index is 13.7. The van der Waals surface area contributed by atoms with Gasteiger partial charge in [0.2, 0.25) is 0 Å². The Morgan fingerprint density at radius 2 is 1.68 bits per heavy atom. The Morgan fingerprint density at radius 3 is 2.39 bits per heavy atom. The molecule has 0 aliphatic heterocycles. The Labute approximate surface area is 188 Å². The van der Waals surface area contributed by atoms with E-state index < -0.39 is 0 Å². The van der Waals surface area contributed by atoms with Gasteiger partial charge >= 0.3 is 0 Å². The molecular formula is C29H40O2. The van der Waals surface area contributed by atoms with Crippen molar-refractivity contribution in [1.82, 2.24) is 0 Å². The first kappa shape index (κ1) is 21.3. The van der Waals surface area contributed by atoms with Gasteiger partial charge in [-0.3, -0.25) is 4.79 Å². The highest BCUT2D eigenvalue weighted by atomic mass is 16.5. The Kier molecular flexibility index (Phi) is 4.96. The molecule has 4 aliphatic rings. The molecule has 0 heterocycles. The van der Waals surface area contributed by atoms with Crippen LogP contribution in [0.15, 0.2) is 29.8 Å². The second kappa shape index (κ2) is 7.22. The van der Waals surface area contributed by atoms with Crippen molar-refractivity contribution in [3.05, 3.63) is 35.4 Å². The minimum absolute atomic E-state index is 0.239. The molecule has 0 N–H and O–H groups in total. The summed E-state index contributed by atoms with van der Waals surface area (Å²) in [6, 6.07) is 8.14. The fraction of sp³-hybridized carbons (Fsp3) is 0.690. The van der Waals surface area contributed by atoms with Gasteiger partial charge in [-0.25, -0.2) is 0 Å². The van der Waals surface area contributed by atoms with E-state index in [1.807, 2.05) is 12.1 Å². The number of benzene rings is 1. The van der Waals surface area contributed by atoms with Crippen LogP contribution in [0.4, 0.5) is 0 Å². The quantitative estimate of drug-likeness (QED) is 0.468. The van der Waals surface area contributed by atoms with E-state index in [4.69, 9.17) is 4.74 Å². The highest BCUT2D eigenvalue weighted by molar-refractivity contribution is 6.04. The van der Waals surface area contributed by atoms with Crippen LogP contribution in [0.3, 0.4) is 0 Å². The number of fused-ring (bicyclic) bond motifs is 5. The van der Waals surface area contributed by atoms with Gasteiger partial charge in [-0.05, 0) is 109 Å². The third-order valence-electron chi connectivity index (χ3n) is 10.4. The van der Waals surface area contributed by atoms with Gasteiger partial charge in [0.25, 0.3) is 0 Å². The molecule has 0 saturated heterocycles. The molecule has 0 radical (unpaired) electrons. The lowest BCUT2D eigenvalue weighted by Crippen LogP contribution is -2.58. The van der Waals surface area contributed by atoms with Crippen LogP contribution in [0.25, 0.3) is 6.08 Å². The second-order valence-corrected chi connectivity index (χ2v) is 12.3. The number of ketones is 1. The monoisotopic (exact) mass is 420 g/mol. The minimum atomic E-state index is -0.271. The van der Waals surface area contributed by atoms with Crippen LogP contribution in [-0.4, -0.2) is 12.9 Å². The van der Waals surface area contributed by atoms with Crippen molar-refractivity contribution in [3.63, 3.8) is 0 Å². The van der Waals surface area contributed by atoms with E-state index in [0.717, 1.165) is 41.1 Å². The molecule has 1 aromatic carbocycles. The Morgan fingerprint density at radius 1 is 0.935 bits per heavy atom. The van der Waals surface area contributed by atoms with Crippen molar-refractivity contribution in [2.45, 2.75) is 79.1 Å². The van der Waals surface area contributed by atoms with Crippen LogP contribution in [-0.2, 0) is 4.79 Å². The lowest BCUT2D eigenvalue weighted by molar-refractivity contribution is -0.153. The van der Waals surface area contributed by atoms with E-state index in [1.54, 1.807) is 7.11 Å². The predicted octanol–water partition coefficient (Wildman–Crippen LogP) is 7.33. The van der Waals surface area contributed by atoms with Gasteiger partial charge in [0.15, 0.2) is 5.78 Å². The molecule has 2 heteroatoms. The molecule has 0 bridgehead atoms. The highest BCUT2D eigenvalue weighted by Crippen LogP contribution is 2.68. The number of rotatable bonds is 2. The topological polar surface area (TPSA) is 26.3 Å². The Balaban J connectivity index is 1.51. The number of ether oxygens (including phenoxy) is 1. The number of carbonyl (C=O) groups is 1. The van der Waals surface area contributed by atoms with Gasteiger partial charge in [-0.15, -0.1) is 0 Å². The molecule has 1 aromatic rings. The van der Waals surface area contributed by atoms with Crippen LogP contribution < -0.4 is 4.74 Å². The van der Waals surface area contributed by atoms with E-state index >= 15 is 0 Å². The highest BCUT2D eigenvalue weighted by Gasteiger charge is 2.62. The predicted molar refractivity (Wildman–Crippen MR) is 127 cm³/mol. The minimum Gasteiger partial charge on any atom is -0.497 e. The van der Waals surface area contributed by atoms with E-state index in [2.05, 4.69) is 45.9 Å². The average molecular weight is 421 g/mol. The zero-order chi connectivity index (χ0) is 22.0. The lowest BCUT2D eigenvalue weighted by Gasteiger charge is -2.63. The first-order valence-corrected chi connectivity index (χ1v) is 12.6. The van der Waals surface area contributed by atoms with Gasteiger partial charge < -0.3 is 4.74 Å². The number of methoxy groups -OCH3 is 1. The molecule has 6 atom stereocenters. The van der Waals surface area contributed by atoms with Crippen LogP contribution in [0.2, 0.25) is 0 Å². The molecule has 2 nitrogen and oxygen atoms in total. The van der Waals surface area contributed by atoms with Gasteiger partial charge in [0.05, 0.1) is 7.11 Å². The summed E-state index contributed by atoms with van der Waals surface area (Å²) in [5.41, 5.74) is 2.72. The zero-order valence-corrected chi connectivity index (χ0v) is 20.2. The maximum Gasteiger partial charge on any atom is 0.164 e.